The third kappa shape index (κ3) is 3.82. The van der Waals surface area contributed by atoms with Crippen molar-refractivity contribution in [1.29, 1.82) is 0 Å². The van der Waals surface area contributed by atoms with Gasteiger partial charge in [0.1, 0.15) is 11.8 Å². The van der Waals surface area contributed by atoms with Gasteiger partial charge >= 0.3 is 5.97 Å². The lowest BCUT2D eigenvalue weighted by atomic mass is 10.2. The highest BCUT2D eigenvalue weighted by molar-refractivity contribution is 7.88. The van der Waals surface area contributed by atoms with Crippen LogP contribution in [0.2, 0.25) is 0 Å². The van der Waals surface area contributed by atoms with Crippen molar-refractivity contribution in [2.45, 2.75) is 25.4 Å². The van der Waals surface area contributed by atoms with E-state index >= 15 is 0 Å². The molecular formula is C12H16N2O6S. The average Bonchev–Trinajstić information content (AvgIpc) is 3.04. The summed E-state index contributed by atoms with van der Waals surface area (Å²) in [5.41, 5.74) is 0. The molecule has 9 heteroatoms. The maximum Gasteiger partial charge on any atom is 0.326 e. The molecule has 2 heterocycles. The van der Waals surface area contributed by atoms with E-state index in [2.05, 4.69) is 4.72 Å². The van der Waals surface area contributed by atoms with E-state index in [1.165, 1.54) is 17.0 Å². The van der Waals surface area contributed by atoms with Gasteiger partial charge in [-0.05, 0) is 25.0 Å². The summed E-state index contributed by atoms with van der Waals surface area (Å²) in [6, 6.07) is 2.07. The largest absolute Gasteiger partial charge is 0.480 e. The number of carbonyl (C=O) groups excluding carboxylic acids is 1. The summed E-state index contributed by atoms with van der Waals surface area (Å²) in [6.07, 6.45) is 2.07. The molecule has 0 aromatic carbocycles. The van der Waals surface area contributed by atoms with Crippen molar-refractivity contribution in [3.8, 4) is 0 Å². The van der Waals surface area contributed by atoms with Gasteiger partial charge in [0.15, 0.2) is 5.76 Å². The first-order valence-electron chi connectivity index (χ1n) is 6.35. The molecule has 1 aromatic heterocycles. The molecule has 1 aromatic rings. The molecule has 1 atom stereocenters. The van der Waals surface area contributed by atoms with E-state index in [9.17, 15) is 18.0 Å². The Bertz CT molecular complexity index is 650. The number of carbonyl (C=O) groups is 2. The molecule has 1 saturated heterocycles. The molecule has 1 aliphatic rings. The number of carboxylic acid groups (broad SMARTS) is 1. The first-order valence-corrected chi connectivity index (χ1v) is 8.24. The zero-order chi connectivity index (χ0) is 15.6. The minimum atomic E-state index is -3.35. The van der Waals surface area contributed by atoms with Crippen LogP contribution < -0.4 is 4.72 Å². The second-order valence-corrected chi connectivity index (χ2v) is 6.69. The molecule has 0 saturated carbocycles. The van der Waals surface area contributed by atoms with Crippen LogP contribution in [0.4, 0.5) is 0 Å². The molecule has 1 amide bonds. The van der Waals surface area contributed by atoms with Gasteiger partial charge in [-0.1, -0.05) is 0 Å². The smallest absolute Gasteiger partial charge is 0.326 e. The van der Waals surface area contributed by atoms with E-state index in [1.54, 1.807) is 0 Å². The van der Waals surface area contributed by atoms with Gasteiger partial charge in [-0.3, -0.25) is 4.79 Å². The Labute approximate surface area is 121 Å². The quantitative estimate of drug-likeness (QED) is 0.791. The zero-order valence-electron chi connectivity index (χ0n) is 11.4. The van der Waals surface area contributed by atoms with Crippen molar-refractivity contribution in [2.24, 2.45) is 0 Å². The molecule has 8 nitrogen and oxygen atoms in total. The zero-order valence-corrected chi connectivity index (χ0v) is 12.2. The minimum absolute atomic E-state index is 0.00783. The van der Waals surface area contributed by atoms with Gasteiger partial charge < -0.3 is 14.4 Å². The molecule has 2 rings (SSSR count). The third-order valence-electron chi connectivity index (χ3n) is 3.18. The summed E-state index contributed by atoms with van der Waals surface area (Å²) in [4.78, 5) is 24.5. The fourth-order valence-corrected chi connectivity index (χ4v) is 2.60. The first kappa shape index (κ1) is 15.5. The number of likely N-dealkylation sites (tertiary alicyclic amines) is 1. The Morgan fingerprint density at radius 1 is 1.48 bits per heavy atom. The van der Waals surface area contributed by atoms with Crippen molar-refractivity contribution in [2.75, 3.05) is 12.8 Å². The molecule has 21 heavy (non-hydrogen) atoms. The number of amides is 1. The van der Waals surface area contributed by atoms with Crippen molar-refractivity contribution in [1.82, 2.24) is 9.62 Å². The molecule has 0 radical (unpaired) electrons. The van der Waals surface area contributed by atoms with Gasteiger partial charge in [0.25, 0.3) is 5.91 Å². The Hall–Kier alpha value is -1.87. The number of furan rings is 1. The van der Waals surface area contributed by atoms with Crippen molar-refractivity contribution in [3.63, 3.8) is 0 Å². The molecule has 1 aliphatic heterocycles. The van der Waals surface area contributed by atoms with Crippen LogP contribution in [0, 0.1) is 0 Å². The molecule has 1 fully saturated rings. The maximum absolute atomic E-state index is 12.2. The van der Waals surface area contributed by atoms with Crippen molar-refractivity contribution >= 4 is 21.9 Å². The fourth-order valence-electron chi connectivity index (χ4n) is 2.20. The fraction of sp³-hybridized carbons (Fsp3) is 0.500. The number of sulfonamides is 1. The minimum Gasteiger partial charge on any atom is -0.480 e. The van der Waals surface area contributed by atoms with E-state index in [1.807, 2.05) is 0 Å². The molecule has 2 N–H and O–H groups in total. The number of hydrogen-bond donors (Lipinski definition) is 2. The summed E-state index contributed by atoms with van der Waals surface area (Å²) >= 11 is 0. The molecule has 0 bridgehead atoms. The molecule has 0 spiro atoms. The molecule has 0 unspecified atom stereocenters. The number of nitrogens with one attached hydrogen (secondary N) is 1. The highest BCUT2D eigenvalue weighted by atomic mass is 32.2. The van der Waals surface area contributed by atoms with Gasteiger partial charge in [-0.2, -0.15) is 0 Å². The lowest BCUT2D eigenvalue weighted by molar-refractivity contribution is -0.141. The second kappa shape index (κ2) is 5.86. The highest BCUT2D eigenvalue weighted by Crippen LogP contribution is 2.21. The van der Waals surface area contributed by atoms with Crippen LogP contribution in [0.5, 0.6) is 0 Å². The number of aliphatic carboxylic acids is 1. The van der Waals surface area contributed by atoms with Crippen LogP contribution in [0.15, 0.2) is 16.5 Å². The topological polar surface area (TPSA) is 117 Å². The van der Waals surface area contributed by atoms with Crippen LogP contribution >= 0.6 is 0 Å². The maximum atomic E-state index is 12.2. The van der Waals surface area contributed by atoms with Crippen molar-refractivity contribution < 1.29 is 27.5 Å². The van der Waals surface area contributed by atoms with Crippen LogP contribution in [-0.2, 0) is 21.4 Å². The first-order chi connectivity index (χ1) is 9.78. The second-order valence-electron chi connectivity index (χ2n) is 4.85. The van der Waals surface area contributed by atoms with Crippen LogP contribution in [-0.4, -0.2) is 49.1 Å². The van der Waals surface area contributed by atoms with Crippen LogP contribution in [0.25, 0.3) is 0 Å². The van der Waals surface area contributed by atoms with Crippen LogP contribution in [0.3, 0.4) is 0 Å². The van der Waals surface area contributed by atoms with E-state index in [0.29, 0.717) is 19.4 Å². The van der Waals surface area contributed by atoms with Gasteiger partial charge in [0.05, 0.1) is 12.8 Å². The van der Waals surface area contributed by atoms with E-state index in [0.717, 1.165) is 6.26 Å². The number of hydrogen-bond acceptors (Lipinski definition) is 5. The monoisotopic (exact) mass is 316 g/mol. The SMILES string of the molecule is CS(=O)(=O)NCc1ccc(C(=O)N2CCC[C@H]2C(=O)O)o1. The summed E-state index contributed by atoms with van der Waals surface area (Å²) in [6.45, 7) is 0.307. The Balaban J connectivity index is 2.07. The number of nitrogens with zero attached hydrogens (tertiary/aromatic N) is 1. The molecule has 0 aliphatic carbocycles. The van der Waals surface area contributed by atoms with E-state index in [4.69, 9.17) is 9.52 Å². The highest BCUT2D eigenvalue weighted by Gasteiger charge is 2.35. The average molecular weight is 316 g/mol. The predicted octanol–water partition coefficient (Wildman–Crippen LogP) is 0.0180. The lowest BCUT2D eigenvalue weighted by Crippen LogP contribution is -2.40. The third-order valence-corrected chi connectivity index (χ3v) is 3.85. The summed E-state index contributed by atoms with van der Waals surface area (Å²) in [7, 11) is -3.35. The Morgan fingerprint density at radius 3 is 2.81 bits per heavy atom. The van der Waals surface area contributed by atoms with Gasteiger partial charge in [0.2, 0.25) is 10.0 Å². The Morgan fingerprint density at radius 2 is 2.19 bits per heavy atom. The van der Waals surface area contributed by atoms with E-state index in [-0.39, 0.29) is 18.1 Å². The normalized spacial score (nSPS) is 18.9. The summed E-state index contributed by atoms with van der Waals surface area (Å²) in [5, 5.41) is 9.06. The van der Waals surface area contributed by atoms with Gasteiger partial charge in [-0.15, -0.1) is 0 Å². The summed E-state index contributed by atoms with van der Waals surface area (Å²) in [5.74, 6) is -1.24. The predicted molar refractivity (Wildman–Crippen MR) is 72.1 cm³/mol. The molecule has 116 valence electrons. The Kier molecular flexibility index (Phi) is 4.33. The van der Waals surface area contributed by atoms with Crippen molar-refractivity contribution in [3.05, 3.63) is 23.7 Å². The lowest BCUT2D eigenvalue weighted by Gasteiger charge is -2.19. The standard InChI is InChI=1S/C12H16N2O6S/c1-21(18,19)13-7-8-4-5-10(20-8)11(15)14-6-2-3-9(14)12(16)17/h4-5,9,13H,2-3,6-7H2,1H3,(H,16,17)/t9-/m0/s1. The van der Waals surface area contributed by atoms with Gasteiger partial charge in [-0.25, -0.2) is 17.9 Å². The number of rotatable bonds is 5. The summed E-state index contributed by atoms with van der Waals surface area (Å²) < 4.78 is 29.5. The van der Waals surface area contributed by atoms with E-state index < -0.39 is 27.9 Å². The number of carboxylic acids is 1. The van der Waals surface area contributed by atoms with Gasteiger partial charge in [0, 0.05) is 6.54 Å². The van der Waals surface area contributed by atoms with Crippen LogP contribution in [0.1, 0.15) is 29.2 Å². The molecular weight excluding hydrogens is 300 g/mol.